The van der Waals surface area contributed by atoms with Gasteiger partial charge in [0.15, 0.2) is 0 Å². The molecule has 1 atom stereocenters. The minimum Gasteiger partial charge on any atom is -0.399 e. The minimum atomic E-state index is 0.623. The van der Waals surface area contributed by atoms with Gasteiger partial charge in [-0.3, -0.25) is 4.90 Å². The molecule has 2 N–H and O–H groups in total. The molecule has 0 saturated heterocycles. The Kier molecular flexibility index (Phi) is 4.81. The van der Waals surface area contributed by atoms with Gasteiger partial charge < -0.3 is 5.73 Å². The smallest absolute Gasteiger partial charge is 0.0314 e. The zero-order valence-corrected chi connectivity index (χ0v) is 10.9. The summed E-state index contributed by atoms with van der Waals surface area (Å²) in [4.78, 5) is 2.39. The molecular formula is C14H24N2. The predicted octanol–water partition coefficient (Wildman–Crippen LogP) is 3.14. The third-order valence-electron chi connectivity index (χ3n) is 2.98. The number of nitrogen functional groups attached to an aromatic ring is 1. The highest BCUT2D eigenvalue weighted by molar-refractivity contribution is 5.39. The van der Waals surface area contributed by atoms with E-state index in [0.717, 1.165) is 18.2 Å². The number of anilines is 1. The van der Waals surface area contributed by atoms with Gasteiger partial charge in [0.2, 0.25) is 0 Å². The Hall–Kier alpha value is -1.02. The SMILES string of the molecule is CC(C)CC(C)N(C)Cc1ccc(N)cc1. The summed E-state index contributed by atoms with van der Waals surface area (Å²) in [5, 5.41) is 0. The lowest BCUT2D eigenvalue weighted by atomic mass is 10.0. The first-order chi connectivity index (χ1) is 7.49. The second-order valence-corrected chi connectivity index (χ2v) is 5.14. The van der Waals surface area contributed by atoms with Crippen LogP contribution in [0.15, 0.2) is 24.3 Å². The largest absolute Gasteiger partial charge is 0.399 e. The summed E-state index contributed by atoms with van der Waals surface area (Å²) in [6, 6.07) is 8.77. The molecule has 2 heteroatoms. The maximum atomic E-state index is 5.67. The molecule has 0 aliphatic carbocycles. The highest BCUT2D eigenvalue weighted by atomic mass is 15.1. The number of hydrogen-bond acceptors (Lipinski definition) is 2. The van der Waals surface area contributed by atoms with E-state index in [0.29, 0.717) is 6.04 Å². The molecule has 0 amide bonds. The van der Waals surface area contributed by atoms with Crippen molar-refractivity contribution in [1.29, 1.82) is 0 Å². The van der Waals surface area contributed by atoms with Crippen LogP contribution in [0.5, 0.6) is 0 Å². The fraction of sp³-hybridized carbons (Fsp3) is 0.571. The van der Waals surface area contributed by atoms with Gasteiger partial charge in [0.05, 0.1) is 0 Å². The molecule has 1 aromatic carbocycles. The minimum absolute atomic E-state index is 0.623. The molecule has 1 rings (SSSR count). The Morgan fingerprint density at radius 2 is 1.69 bits per heavy atom. The van der Waals surface area contributed by atoms with Gasteiger partial charge in [-0.05, 0) is 44.0 Å². The van der Waals surface area contributed by atoms with E-state index in [-0.39, 0.29) is 0 Å². The number of hydrogen-bond donors (Lipinski definition) is 1. The lowest BCUT2D eigenvalue weighted by molar-refractivity contribution is 0.220. The molecule has 0 aliphatic heterocycles. The Morgan fingerprint density at radius 1 is 1.12 bits per heavy atom. The van der Waals surface area contributed by atoms with Gasteiger partial charge in [-0.25, -0.2) is 0 Å². The fourth-order valence-electron chi connectivity index (χ4n) is 1.93. The van der Waals surface area contributed by atoms with Crippen molar-refractivity contribution in [3.05, 3.63) is 29.8 Å². The zero-order valence-electron chi connectivity index (χ0n) is 10.9. The van der Waals surface area contributed by atoms with E-state index in [2.05, 4.69) is 44.9 Å². The maximum absolute atomic E-state index is 5.67. The molecule has 0 saturated carbocycles. The molecule has 0 spiro atoms. The van der Waals surface area contributed by atoms with Crippen LogP contribution in [0.2, 0.25) is 0 Å². The molecule has 1 aromatic rings. The quantitative estimate of drug-likeness (QED) is 0.772. The van der Waals surface area contributed by atoms with Crippen LogP contribution < -0.4 is 5.73 Å². The Labute approximate surface area is 99.5 Å². The summed E-state index contributed by atoms with van der Waals surface area (Å²) < 4.78 is 0. The van der Waals surface area contributed by atoms with Gasteiger partial charge in [0.25, 0.3) is 0 Å². The first-order valence-electron chi connectivity index (χ1n) is 6.03. The van der Waals surface area contributed by atoms with E-state index >= 15 is 0 Å². The summed E-state index contributed by atoms with van der Waals surface area (Å²) in [5.74, 6) is 0.754. The van der Waals surface area contributed by atoms with Crippen LogP contribution >= 0.6 is 0 Å². The van der Waals surface area contributed by atoms with Gasteiger partial charge in [-0.2, -0.15) is 0 Å². The van der Waals surface area contributed by atoms with Crippen molar-refractivity contribution in [3.63, 3.8) is 0 Å². The Morgan fingerprint density at radius 3 is 2.19 bits per heavy atom. The molecule has 0 aromatic heterocycles. The monoisotopic (exact) mass is 220 g/mol. The van der Waals surface area contributed by atoms with Crippen LogP contribution in [0.3, 0.4) is 0 Å². The third-order valence-corrected chi connectivity index (χ3v) is 2.98. The summed E-state index contributed by atoms with van der Waals surface area (Å²) in [6.07, 6.45) is 1.24. The molecule has 0 fully saturated rings. The molecule has 90 valence electrons. The van der Waals surface area contributed by atoms with E-state index in [1.165, 1.54) is 12.0 Å². The average Bonchev–Trinajstić information content (AvgIpc) is 2.20. The lowest BCUT2D eigenvalue weighted by Crippen LogP contribution is -2.29. The number of nitrogens with two attached hydrogens (primary N) is 1. The number of rotatable bonds is 5. The van der Waals surface area contributed by atoms with Crippen molar-refractivity contribution < 1.29 is 0 Å². The molecule has 0 heterocycles. The van der Waals surface area contributed by atoms with Crippen molar-refractivity contribution in [2.45, 2.75) is 39.8 Å². The summed E-state index contributed by atoms with van der Waals surface area (Å²) in [7, 11) is 2.18. The van der Waals surface area contributed by atoms with Crippen LogP contribution in [0.4, 0.5) is 5.69 Å². The van der Waals surface area contributed by atoms with Crippen molar-refractivity contribution >= 4 is 5.69 Å². The van der Waals surface area contributed by atoms with Gasteiger partial charge in [0, 0.05) is 18.3 Å². The fourth-order valence-corrected chi connectivity index (χ4v) is 1.93. The van der Waals surface area contributed by atoms with E-state index in [1.54, 1.807) is 0 Å². The predicted molar refractivity (Wildman–Crippen MR) is 71.2 cm³/mol. The normalized spacial score (nSPS) is 13.4. The van der Waals surface area contributed by atoms with Crippen LogP contribution in [-0.4, -0.2) is 18.0 Å². The van der Waals surface area contributed by atoms with E-state index in [4.69, 9.17) is 5.73 Å². The third kappa shape index (κ3) is 4.23. The Balaban J connectivity index is 2.50. The van der Waals surface area contributed by atoms with E-state index in [9.17, 15) is 0 Å². The first kappa shape index (κ1) is 13.0. The zero-order chi connectivity index (χ0) is 12.1. The Bertz CT molecular complexity index is 303. The summed E-state index contributed by atoms with van der Waals surface area (Å²) >= 11 is 0. The molecule has 2 nitrogen and oxygen atoms in total. The molecule has 0 radical (unpaired) electrons. The molecule has 16 heavy (non-hydrogen) atoms. The lowest BCUT2D eigenvalue weighted by Gasteiger charge is -2.26. The molecular weight excluding hydrogens is 196 g/mol. The highest BCUT2D eigenvalue weighted by Crippen LogP contribution is 2.13. The van der Waals surface area contributed by atoms with Crippen molar-refractivity contribution in [3.8, 4) is 0 Å². The van der Waals surface area contributed by atoms with Crippen molar-refractivity contribution in [2.75, 3.05) is 12.8 Å². The highest BCUT2D eigenvalue weighted by Gasteiger charge is 2.10. The summed E-state index contributed by atoms with van der Waals surface area (Å²) in [6.45, 7) is 7.83. The van der Waals surface area contributed by atoms with Crippen LogP contribution in [-0.2, 0) is 6.54 Å². The van der Waals surface area contributed by atoms with Crippen LogP contribution in [0, 0.1) is 5.92 Å². The van der Waals surface area contributed by atoms with Gasteiger partial charge in [-0.1, -0.05) is 26.0 Å². The molecule has 1 unspecified atom stereocenters. The first-order valence-corrected chi connectivity index (χ1v) is 6.03. The van der Waals surface area contributed by atoms with Crippen LogP contribution in [0.25, 0.3) is 0 Å². The number of benzene rings is 1. The topological polar surface area (TPSA) is 29.3 Å². The molecule has 0 bridgehead atoms. The average molecular weight is 220 g/mol. The maximum Gasteiger partial charge on any atom is 0.0314 e. The second kappa shape index (κ2) is 5.90. The molecule has 0 aliphatic rings. The van der Waals surface area contributed by atoms with Gasteiger partial charge in [0.1, 0.15) is 0 Å². The second-order valence-electron chi connectivity index (χ2n) is 5.14. The van der Waals surface area contributed by atoms with Gasteiger partial charge in [-0.15, -0.1) is 0 Å². The summed E-state index contributed by atoms with van der Waals surface area (Å²) in [5.41, 5.74) is 7.83. The van der Waals surface area contributed by atoms with E-state index < -0.39 is 0 Å². The van der Waals surface area contributed by atoms with Crippen molar-refractivity contribution in [1.82, 2.24) is 4.90 Å². The van der Waals surface area contributed by atoms with Crippen LogP contribution in [0.1, 0.15) is 32.8 Å². The standard InChI is InChI=1S/C14H24N2/c1-11(2)9-12(3)16(4)10-13-5-7-14(15)8-6-13/h5-8,11-12H,9-10,15H2,1-4H3. The van der Waals surface area contributed by atoms with Crippen molar-refractivity contribution in [2.24, 2.45) is 5.92 Å². The van der Waals surface area contributed by atoms with E-state index in [1.807, 2.05) is 12.1 Å². The number of nitrogens with zero attached hydrogens (tertiary/aromatic N) is 1. The van der Waals surface area contributed by atoms with Gasteiger partial charge >= 0.3 is 0 Å².